The largest absolute Gasteiger partial charge is 0.386 e. The molecule has 0 bridgehead atoms. The summed E-state index contributed by atoms with van der Waals surface area (Å²) in [6.45, 7) is 5.32. The van der Waals surface area contributed by atoms with Crippen molar-refractivity contribution in [2.24, 2.45) is 0 Å². The molecule has 98 valence electrons. The molecule has 1 amide bonds. The topological polar surface area (TPSA) is 97.2 Å². The standard InChI is InChI=1S/C11H16N4O3/c1-7(2)13-11(16)8(3)14-9-5-4-6-12-10(9)15(17)18/h4-8,14H,1-3H3,(H,13,16). The van der Waals surface area contributed by atoms with Gasteiger partial charge in [0.2, 0.25) is 5.91 Å². The Morgan fingerprint density at radius 3 is 2.67 bits per heavy atom. The van der Waals surface area contributed by atoms with Crippen LogP contribution in [0.1, 0.15) is 20.8 Å². The Balaban J connectivity index is 2.78. The van der Waals surface area contributed by atoms with Crippen LogP contribution in [0.3, 0.4) is 0 Å². The molecule has 1 unspecified atom stereocenters. The van der Waals surface area contributed by atoms with E-state index in [0.717, 1.165) is 0 Å². The number of anilines is 1. The Morgan fingerprint density at radius 1 is 1.44 bits per heavy atom. The molecule has 0 fully saturated rings. The average molecular weight is 252 g/mol. The highest BCUT2D eigenvalue weighted by molar-refractivity contribution is 5.84. The predicted molar refractivity (Wildman–Crippen MR) is 67.3 cm³/mol. The molecule has 0 aliphatic rings. The van der Waals surface area contributed by atoms with Crippen molar-refractivity contribution in [1.82, 2.24) is 10.3 Å². The number of nitro groups is 1. The third-order valence-electron chi connectivity index (χ3n) is 2.16. The van der Waals surface area contributed by atoms with Crippen molar-refractivity contribution in [3.8, 4) is 0 Å². The van der Waals surface area contributed by atoms with Crippen molar-refractivity contribution < 1.29 is 9.72 Å². The highest BCUT2D eigenvalue weighted by atomic mass is 16.6. The van der Waals surface area contributed by atoms with Gasteiger partial charge in [-0.3, -0.25) is 4.79 Å². The molecule has 1 aromatic rings. The Hall–Kier alpha value is -2.18. The number of nitrogens with one attached hydrogen (secondary N) is 2. The van der Waals surface area contributed by atoms with Crippen LogP contribution in [-0.2, 0) is 4.79 Å². The lowest BCUT2D eigenvalue weighted by Gasteiger charge is -2.16. The number of nitrogens with zero attached hydrogens (tertiary/aromatic N) is 2. The van der Waals surface area contributed by atoms with Gasteiger partial charge in [0.1, 0.15) is 17.9 Å². The molecule has 1 rings (SSSR count). The number of rotatable bonds is 5. The maximum absolute atomic E-state index is 11.7. The van der Waals surface area contributed by atoms with Gasteiger partial charge in [-0.05, 0) is 42.8 Å². The molecule has 18 heavy (non-hydrogen) atoms. The Labute approximate surface area is 105 Å². The van der Waals surface area contributed by atoms with Crippen molar-refractivity contribution in [2.75, 3.05) is 5.32 Å². The maximum Gasteiger partial charge on any atom is 0.386 e. The second-order valence-corrected chi connectivity index (χ2v) is 4.16. The predicted octanol–water partition coefficient (Wildman–Crippen LogP) is 1.31. The highest BCUT2D eigenvalue weighted by Crippen LogP contribution is 2.20. The van der Waals surface area contributed by atoms with Crippen LogP contribution < -0.4 is 10.6 Å². The van der Waals surface area contributed by atoms with E-state index in [1.54, 1.807) is 13.0 Å². The van der Waals surface area contributed by atoms with Gasteiger partial charge in [-0.25, -0.2) is 0 Å². The summed E-state index contributed by atoms with van der Waals surface area (Å²) in [5, 5.41) is 16.3. The first-order valence-electron chi connectivity index (χ1n) is 5.58. The van der Waals surface area contributed by atoms with Crippen molar-refractivity contribution in [3.63, 3.8) is 0 Å². The second-order valence-electron chi connectivity index (χ2n) is 4.16. The zero-order valence-corrected chi connectivity index (χ0v) is 10.5. The SMILES string of the molecule is CC(C)NC(=O)C(C)Nc1cccnc1[N+](=O)[O-]. The molecule has 2 N–H and O–H groups in total. The Kier molecular flexibility index (Phi) is 4.59. The van der Waals surface area contributed by atoms with Crippen LogP contribution >= 0.6 is 0 Å². The van der Waals surface area contributed by atoms with E-state index in [9.17, 15) is 14.9 Å². The number of amides is 1. The molecule has 0 spiro atoms. The van der Waals surface area contributed by atoms with E-state index in [1.807, 2.05) is 13.8 Å². The molecule has 0 aromatic carbocycles. The number of carbonyl (C=O) groups excluding carboxylic acids is 1. The van der Waals surface area contributed by atoms with E-state index in [2.05, 4.69) is 15.6 Å². The summed E-state index contributed by atoms with van der Waals surface area (Å²) in [5.74, 6) is -0.509. The quantitative estimate of drug-likeness (QED) is 0.608. The molecule has 0 saturated carbocycles. The van der Waals surface area contributed by atoms with E-state index in [4.69, 9.17) is 0 Å². The first kappa shape index (κ1) is 13.9. The van der Waals surface area contributed by atoms with Crippen LogP contribution in [0.15, 0.2) is 18.3 Å². The summed E-state index contributed by atoms with van der Waals surface area (Å²) in [5.41, 5.74) is 0.230. The summed E-state index contributed by atoms with van der Waals surface area (Å²) in [6.07, 6.45) is 1.34. The fourth-order valence-electron chi connectivity index (χ4n) is 1.36. The number of pyridine rings is 1. The average Bonchev–Trinajstić information content (AvgIpc) is 2.28. The van der Waals surface area contributed by atoms with E-state index in [-0.39, 0.29) is 23.5 Å². The van der Waals surface area contributed by atoms with Crippen molar-refractivity contribution in [3.05, 3.63) is 28.4 Å². The molecule has 0 aliphatic heterocycles. The first-order chi connectivity index (χ1) is 8.41. The van der Waals surface area contributed by atoms with Gasteiger partial charge in [-0.15, -0.1) is 0 Å². The minimum atomic E-state index is -0.588. The molecule has 1 aromatic heterocycles. The zero-order chi connectivity index (χ0) is 13.7. The number of hydrogen-bond acceptors (Lipinski definition) is 5. The molecular weight excluding hydrogens is 236 g/mol. The lowest BCUT2D eigenvalue weighted by Crippen LogP contribution is -2.41. The number of hydrogen-bond donors (Lipinski definition) is 2. The summed E-state index contributed by atoms with van der Waals surface area (Å²) < 4.78 is 0. The number of aromatic nitrogens is 1. The molecule has 0 aliphatic carbocycles. The molecule has 0 saturated heterocycles. The van der Waals surface area contributed by atoms with Crippen molar-refractivity contribution in [2.45, 2.75) is 32.9 Å². The van der Waals surface area contributed by atoms with E-state index in [1.165, 1.54) is 12.3 Å². The third kappa shape index (κ3) is 3.69. The highest BCUT2D eigenvalue weighted by Gasteiger charge is 2.19. The minimum Gasteiger partial charge on any atom is -0.367 e. The van der Waals surface area contributed by atoms with Crippen LogP contribution in [0.25, 0.3) is 0 Å². The van der Waals surface area contributed by atoms with Gasteiger partial charge < -0.3 is 20.7 Å². The first-order valence-corrected chi connectivity index (χ1v) is 5.58. The van der Waals surface area contributed by atoms with Crippen molar-refractivity contribution in [1.29, 1.82) is 0 Å². The summed E-state index contributed by atoms with van der Waals surface area (Å²) in [6, 6.07) is 2.54. The van der Waals surface area contributed by atoms with Gasteiger partial charge in [-0.2, -0.15) is 0 Å². The molecule has 7 nitrogen and oxygen atoms in total. The number of carbonyl (C=O) groups is 1. The van der Waals surface area contributed by atoms with E-state index < -0.39 is 11.0 Å². The third-order valence-corrected chi connectivity index (χ3v) is 2.16. The Morgan fingerprint density at radius 2 is 2.11 bits per heavy atom. The fraction of sp³-hybridized carbons (Fsp3) is 0.455. The Bertz CT molecular complexity index is 448. The second kappa shape index (κ2) is 5.95. The molecular formula is C11H16N4O3. The van der Waals surface area contributed by atoms with Gasteiger partial charge in [0.05, 0.1) is 0 Å². The van der Waals surface area contributed by atoms with Crippen LogP contribution in [-0.4, -0.2) is 27.9 Å². The van der Waals surface area contributed by atoms with Gasteiger partial charge in [0.15, 0.2) is 0 Å². The zero-order valence-electron chi connectivity index (χ0n) is 10.5. The van der Waals surface area contributed by atoms with Crippen LogP contribution in [0.5, 0.6) is 0 Å². The summed E-state index contributed by atoms with van der Waals surface area (Å²) in [7, 11) is 0. The van der Waals surface area contributed by atoms with Crippen molar-refractivity contribution >= 4 is 17.4 Å². The fourth-order valence-corrected chi connectivity index (χ4v) is 1.36. The lowest BCUT2D eigenvalue weighted by atomic mass is 10.2. The van der Waals surface area contributed by atoms with E-state index in [0.29, 0.717) is 0 Å². The van der Waals surface area contributed by atoms with Gasteiger partial charge >= 0.3 is 5.82 Å². The van der Waals surface area contributed by atoms with Crippen LogP contribution in [0, 0.1) is 10.1 Å². The smallest absolute Gasteiger partial charge is 0.367 e. The minimum absolute atomic E-state index is 0.0191. The molecule has 7 heteroatoms. The maximum atomic E-state index is 11.7. The van der Waals surface area contributed by atoms with Crippen LogP contribution in [0.2, 0.25) is 0 Å². The van der Waals surface area contributed by atoms with Crippen LogP contribution in [0.4, 0.5) is 11.5 Å². The molecule has 1 atom stereocenters. The van der Waals surface area contributed by atoms with E-state index >= 15 is 0 Å². The lowest BCUT2D eigenvalue weighted by molar-refractivity contribution is -0.388. The van der Waals surface area contributed by atoms with Gasteiger partial charge in [-0.1, -0.05) is 0 Å². The molecule has 0 radical (unpaired) electrons. The van der Waals surface area contributed by atoms with Gasteiger partial charge in [0, 0.05) is 6.04 Å². The van der Waals surface area contributed by atoms with Gasteiger partial charge in [0.25, 0.3) is 0 Å². The summed E-state index contributed by atoms with van der Waals surface area (Å²) in [4.78, 5) is 25.5. The normalized spacial score (nSPS) is 12.0. The monoisotopic (exact) mass is 252 g/mol. The molecule has 1 heterocycles. The summed E-state index contributed by atoms with van der Waals surface area (Å²) >= 11 is 0.